The minimum atomic E-state index is -0.170. The molecule has 2 N–H and O–H groups in total. The van der Waals surface area contributed by atoms with Crippen molar-refractivity contribution in [3.05, 3.63) is 30.1 Å². The molecule has 1 aromatic carbocycles. The lowest BCUT2D eigenvalue weighted by atomic mass is 9.81. The maximum Gasteiger partial charge on any atom is 0.125 e. The normalized spacial score (nSPS) is 29.4. The third-order valence-electron chi connectivity index (χ3n) is 5.37. The van der Waals surface area contributed by atoms with E-state index < -0.39 is 0 Å². The lowest BCUT2D eigenvalue weighted by Gasteiger charge is -2.51. The molecule has 2 unspecified atom stereocenters. The summed E-state index contributed by atoms with van der Waals surface area (Å²) in [5, 5.41) is 0. The molecule has 2 heterocycles. The van der Waals surface area contributed by atoms with E-state index in [1.165, 1.54) is 25.5 Å². The van der Waals surface area contributed by atoms with Crippen LogP contribution in [0.4, 0.5) is 10.1 Å². The molecule has 2 atom stereocenters. The largest absolute Gasteiger partial charge is 0.365 e. The van der Waals surface area contributed by atoms with Crippen molar-refractivity contribution in [1.29, 1.82) is 0 Å². The third-order valence-corrected chi connectivity index (χ3v) is 5.37. The molecule has 2 fully saturated rings. The number of nitrogens with two attached hydrogens (primary N) is 1. The van der Waals surface area contributed by atoms with Gasteiger partial charge < -0.3 is 15.5 Å². The quantitative estimate of drug-likeness (QED) is 0.925. The molecule has 116 valence electrons. The number of piperidine rings is 1. The minimum Gasteiger partial charge on any atom is -0.365 e. The molecule has 2 aliphatic rings. The smallest absolute Gasteiger partial charge is 0.125 e. The summed E-state index contributed by atoms with van der Waals surface area (Å²) in [6, 6.07) is 7.60. The summed E-state index contributed by atoms with van der Waals surface area (Å²) in [6.07, 6.45) is 4.76. The number of hydrogen-bond donors (Lipinski definition) is 1. The molecule has 0 radical (unpaired) electrons. The van der Waals surface area contributed by atoms with Gasteiger partial charge in [0, 0.05) is 31.4 Å². The molecule has 0 spiro atoms. The molecule has 1 aromatic rings. The maximum absolute atomic E-state index is 13.6. The van der Waals surface area contributed by atoms with Crippen LogP contribution in [0.25, 0.3) is 0 Å². The standard InChI is InChI=1S/C17H26FN3/c1-2-21(15-6-3-5-14(18)11-15)17(13-19)8-10-20-9-4-7-16(20)12-17/h3,5-6,11,16H,2,4,7-10,12-13,19H2,1H3. The zero-order chi connectivity index (χ0) is 14.9. The van der Waals surface area contributed by atoms with Gasteiger partial charge in [0.1, 0.15) is 5.82 Å². The van der Waals surface area contributed by atoms with Gasteiger partial charge in [-0.15, -0.1) is 0 Å². The Hall–Kier alpha value is -1.13. The number of halogens is 1. The molecule has 3 nitrogen and oxygen atoms in total. The van der Waals surface area contributed by atoms with Crippen molar-refractivity contribution >= 4 is 5.69 Å². The number of anilines is 1. The Morgan fingerprint density at radius 3 is 3.00 bits per heavy atom. The van der Waals surface area contributed by atoms with Crippen molar-refractivity contribution in [1.82, 2.24) is 4.90 Å². The monoisotopic (exact) mass is 291 g/mol. The lowest BCUT2D eigenvalue weighted by molar-refractivity contribution is 0.129. The third kappa shape index (κ3) is 2.67. The van der Waals surface area contributed by atoms with E-state index in [0.717, 1.165) is 31.6 Å². The van der Waals surface area contributed by atoms with Crippen LogP contribution >= 0.6 is 0 Å². The summed E-state index contributed by atoms with van der Waals surface area (Å²) in [7, 11) is 0. The van der Waals surface area contributed by atoms with Gasteiger partial charge in [-0.3, -0.25) is 0 Å². The number of nitrogens with zero attached hydrogens (tertiary/aromatic N) is 2. The second kappa shape index (κ2) is 5.93. The topological polar surface area (TPSA) is 32.5 Å². The molecule has 0 aliphatic carbocycles. The van der Waals surface area contributed by atoms with E-state index in [2.05, 4.69) is 16.7 Å². The van der Waals surface area contributed by atoms with Crippen molar-refractivity contribution < 1.29 is 4.39 Å². The molecule has 0 saturated carbocycles. The van der Waals surface area contributed by atoms with Crippen molar-refractivity contribution in [2.24, 2.45) is 5.73 Å². The zero-order valence-electron chi connectivity index (χ0n) is 12.9. The fourth-order valence-electron chi connectivity index (χ4n) is 4.29. The minimum absolute atomic E-state index is 0.0198. The Morgan fingerprint density at radius 2 is 2.29 bits per heavy atom. The number of likely N-dealkylation sites (N-methyl/N-ethyl adjacent to an activating group) is 1. The van der Waals surface area contributed by atoms with Crippen LogP contribution in [0.3, 0.4) is 0 Å². The number of fused-ring (bicyclic) bond motifs is 1. The van der Waals surface area contributed by atoms with Crippen LogP contribution in [0.1, 0.15) is 32.6 Å². The van der Waals surface area contributed by atoms with Crippen LogP contribution in [-0.2, 0) is 0 Å². The van der Waals surface area contributed by atoms with Gasteiger partial charge >= 0.3 is 0 Å². The molecule has 0 amide bonds. The van der Waals surface area contributed by atoms with Gasteiger partial charge in [-0.05, 0) is 57.4 Å². The summed E-state index contributed by atoms with van der Waals surface area (Å²) in [5.41, 5.74) is 7.17. The highest BCUT2D eigenvalue weighted by Crippen LogP contribution is 2.38. The fourth-order valence-corrected chi connectivity index (χ4v) is 4.29. The van der Waals surface area contributed by atoms with Crippen molar-refractivity contribution in [3.63, 3.8) is 0 Å². The Morgan fingerprint density at radius 1 is 1.43 bits per heavy atom. The highest BCUT2D eigenvalue weighted by atomic mass is 19.1. The average Bonchev–Trinajstić information content (AvgIpc) is 2.95. The second-order valence-electron chi connectivity index (χ2n) is 6.44. The molecule has 3 rings (SSSR count). The van der Waals surface area contributed by atoms with Crippen LogP contribution in [-0.4, -0.2) is 42.7 Å². The first-order valence-corrected chi connectivity index (χ1v) is 8.16. The van der Waals surface area contributed by atoms with Gasteiger partial charge in [-0.2, -0.15) is 0 Å². The van der Waals surface area contributed by atoms with Crippen LogP contribution in [0.15, 0.2) is 24.3 Å². The highest BCUT2D eigenvalue weighted by Gasteiger charge is 2.44. The Kier molecular flexibility index (Phi) is 4.18. The van der Waals surface area contributed by atoms with Crippen molar-refractivity contribution in [2.45, 2.75) is 44.2 Å². The van der Waals surface area contributed by atoms with Crippen molar-refractivity contribution in [3.8, 4) is 0 Å². The molecule has 0 aromatic heterocycles. The number of hydrogen-bond acceptors (Lipinski definition) is 3. The molecule has 21 heavy (non-hydrogen) atoms. The molecule has 0 bridgehead atoms. The summed E-state index contributed by atoms with van der Waals surface area (Å²) in [4.78, 5) is 4.94. The predicted octanol–water partition coefficient (Wildman–Crippen LogP) is 2.61. The van der Waals surface area contributed by atoms with Gasteiger partial charge in [-0.25, -0.2) is 4.39 Å². The lowest BCUT2D eigenvalue weighted by Crippen LogP contribution is -2.61. The van der Waals surface area contributed by atoms with Crippen LogP contribution in [0, 0.1) is 5.82 Å². The van der Waals surface area contributed by atoms with E-state index in [-0.39, 0.29) is 11.4 Å². The molecule has 4 heteroatoms. The Balaban J connectivity index is 1.89. The molecular formula is C17H26FN3. The number of rotatable bonds is 4. The summed E-state index contributed by atoms with van der Waals surface area (Å²) < 4.78 is 13.6. The van der Waals surface area contributed by atoms with Gasteiger partial charge in [0.2, 0.25) is 0 Å². The molecular weight excluding hydrogens is 265 g/mol. The Bertz CT molecular complexity index is 493. The molecule has 2 saturated heterocycles. The first-order chi connectivity index (χ1) is 10.2. The SMILES string of the molecule is CCN(c1cccc(F)c1)C1(CN)CCN2CCCC2C1. The van der Waals surface area contributed by atoms with E-state index in [1.54, 1.807) is 12.1 Å². The van der Waals surface area contributed by atoms with Crippen LogP contribution in [0.2, 0.25) is 0 Å². The highest BCUT2D eigenvalue weighted by molar-refractivity contribution is 5.50. The second-order valence-corrected chi connectivity index (χ2v) is 6.44. The van der Waals surface area contributed by atoms with E-state index >= 15 is 0 Å². The predicted molar refractivity (Wildman–Crippen MR) is 85.0 cm³/mol. The summed E-state index contributed by atoms with van der Waals surface area (Å²) in [5.74, 6) is -0.170. The molecule has 2 aliphatic heterocycles. The first-order valence-electron chi connectivity index (χ1n) is 8.16. The average molecular weight is 291 g/mol. The summed E-state index contributed by atoms with van der Waals surface area (Å²) in [6.45, 7) is 6.00. The van der Waals surface area contributed by atoms with E-state index in [9.17, 15) is 4.39 Å². The maximum atomic E-state index is 13.6. The van der Waals surface area contributed by atoms with Gasteiger partial charge in [-0.1, -0.05) is 6.07 Å². The van der Waals surface area contributed by atoms with Gasteiger partial charge in [0.05, 0.1) is 5.54 Å². The van der Waals surface area contributed by atoms with Crippen LogP contribution < -0.4 is 10.6 Å². The van der Waals surface area contributed by atoms with Gasteiger partial charge in [0.25, 0.3) is 0 Å². The van der Waals surface area contributed by atoms with Crippen molar-refractivity contribution in [2.75, 3.05) is 31.1 Å². The first kappa shape index (κ1) is 14.8. The Labute approximate surface area is 126 Å². The van der Waals surface area contributed by atoms with E-state index in [1.807, 2.05) is 6.07 Å². The fraction of sp³-hybridized carbons (Fsp3) is 0.647. The van der Waals surface area contributed by atoms with E-state index in [0.29, 0.717) is 12.6 Å². The zero-order valence-corrected chi connectivity index (χ0v) is 12.9. The summed E-state index contributed by atoms with van der Waals surface area (Å²) >= 11 is 0. The van der Waals surface area contributed by atoms with Gasteiger partial charge in [0.15, 0.2) is 0 Å². The number of benzene rings is 1. The van der Waals surface area contributed by atoms with E-state index in [4.69, 9.17) is 5.73 Å². The van der Waals surface area contributed by atoms with Crippen LogP contribution in [0.5, 0.6) is 0 Å².